The average molecular weight is 348 g/mol. The lowest BCUT2D eigenvalue weighted by Crippen LogP contribution is -2.28. The van der Waals surface area contributed by atoms with Crippen LogP contribution in [-0.4, -0.2) is 19.1 Å². The van der Waals surface area contributed by atoms with Gasteiger partial charge in [-0.3, -0.25) is 4.79 Å². The van der Waals surface area contributed by atoms with E-state index in [-0.39, 0.29) is 5.91 Å². The van der Waals surface area contributed by atoms with Gasteiger partial charge in [0.1, 0.15) is 12.4 Å². The van der Waals surface area contributed by atoms with Crippen molar-refractivity contribution in [3.05, 3.63) is 63.6 Å². The van der Waals surface area contributed by atoms with Gasteiger partial charge in [-0.2, -0.15) is 0 Å². The van der Waals surface area contributed by atoms with Gasteiger partial charge in [-0.1, -0.05) is 34.1 Å². The summed E-state index contributed by atoms with van der Waals surface area (Å²) in [6, 6.07) is 13.4. The molecule has 21 heavy (non-hydrogen) atoms. The van der Waals surface area contributed by atoms with Gasteiger partial charge >= 0.3 is 0 Å². The van der Waals surface area contributed by atoms with Crippen LogP contribution < -0.4 is 10.1 Å². The monoisotopic (exact) mass is 347 g/mol. The lowest BCUT2D eigenvalue weighted by Gasteiger charge is -2.09. The number of ether oxygens (including phenoxy) is 1. The van der Waals surface area contributed by atoms with E-state index in [0.29, 0.717) is 18.7 Å². The predicted octanol–water partition coefficient (Wildman–Crippen LogP) is 3.87. The SMILES string of the molecule is Cc1cccc(OCCNC(=O)c2ccc(C)c(Br)c2)c1. The molecule has 0 fully saturated rings. The van der Waals surface area contributed by atoms with E-state index >= 15 is 0 Å². The predicted molar refractivity (Wildman–Crippen MR) is 87.9 cm³/mol. The summed E-state index contributed by atoms with van der Waals surface area (Å²) in [5.74, 6) is 0.728. The van der Waals surface area contributed by atoms with Crippen molar-refractivity contribution in [2.75, 3.05) is 13.2 Å². The van der Waals surface area contributed by atoms with Crippen LogP contribution in [0.2, 0.25) is 0 Å². The van der Waals surface area contributed by atoms with Crippen LogP contribution in [0.3, 0.4) is 0 Å². The molecule has 0 aliphatic rings. The van der Waals surface area contributed by atoms with Gasteiger partial charge in [0.2, 0.25) is 0 Å². The average Bonchev–Trinajstić information content (AvgIpc) is 2.46. The van der Waals surface area contributed by atoms with Crippen molar-refractivity contribution in [3.8, 4) is 5.75 Å². The van der Waals surface area contributed by atoms with E-state index in [1.807, 2.05) is 56.3 Å². The molecule has 0 saturated carbocycles. The molecule has 0 radical (unpaired) electrons. The number of halogens is 1. The van der Waals surface area contributed by atoms with Crippen molar-refractivity contribution in [1.82, 2.24) is 5.32 Å². The Labute approximate surface area is 133 Å². The molecular formula is C17H18BrNO2. The number of hydrogen-bond acceptors (Lipinski definition) is 2. The molecule has 0 aliphatic carbocycles. The number of rotatable bonds is 5. The Bertz CT molecular complexity index is 640. The second-order valence-electron chi connectivity index (χ2n) is 4.88. The van der Waals surface area contributed by atoms with Crippen LogP contribution in [0, 0.1) is 13.8 Å². The number of benzene rings is 2. The maximum Gasteiger partial charge on any atom is 0.251 e. The van der Waals surface area contributed by atoms with Crippen LogP contribution in [0.15, 0.2) is 46.9 Å². The molecule has 3 nitrogen and oxygen atoms in total. The van der Waals surface area contributed by atoms with Crippen molar-refractivity contribution >= 4 is 21.8 Å². The molecule has 0 aromatic heterocycles. The summed E-state index contributed by atoms with van der Waals surface area (Å²) in [6.45, 7) is 4.92. The third-order valence-electron chi connectivity index (χ3n) is 3.08. The molecule has 0 bridgehead atoms. The van der Waals surface area contributed by atoms with Gasteiger partial charge in [0, 0.05) is 10.0 Å². The normalized spacial score (nSPS) is 10.2. The highest BCUT2D eigenvalue weighted by Gasteiger charge is 2.06. The number of nitrogens with one attached hydrogen (secondary N) is 1. The standard InChI is InChI=1S/C17H18BrNO2/c1-12-4-3-5-15(10-12)21-9-8-19-17(20)14-7-6-13(2)16(18)11-14/h3-7,10-11H,8-9H2,1-2H3,(H,19,20). The first-order chi connectivity index (χ1) is 10.1. The lowest BCUT2D eigenvalue weighted by atomic mass is 10.1. The Balaban J connectivity index is 1.80. The van der Waals surface area contributed by atoms with Gasteiger partial charge in [-0.05, 0) is 49.2 Å². The van der Waals surface area contributed by atoms with Crippen LogP contribution in [0.1, 0.15) is 21.5 Å². The maximum atomic E-state index is 12.0. The van der Waals surface area contributed by atoms with Gasteiger partial charge in [0.05, 0.1) is 6.54 Å². The zero-order chi connectivity index (χ0) is 15.2. The molecule has 1 amide bonds. The molecule has 0 saturated heterocycles. The summed E-state index contributed by atoms with van der Waals surface area (Å²) in [5.41, 5.74) is 2.90. The molecule has 0 heterocycles. The van der Waals surface area contributed by atoms with Crippen LogP contribution >= 0.6 is 15.9 Å². The number of aryl methyl sites for hydroxylation is 2. The minimum Gasteiger partial charge on any atom is -0.492 e. The Morgan fingerprint density at radius 2 is 2.00 bits per heavy atom. The third-order valence-corrected chi connectivity index (χ3v) is 3.93. The molecule has 2 aromatic rings. The fourth-order valence-corrected chi connectivity index (χ4v) is 2.25. The van der Waals surface area contributed by atoms with E-state index in [1.165, 1.54) is 0 Å². The first-order valence-electron chi connectivity index (χ1n) is 6.80. The summed E-state index contributed by atoms with van der Waals surface area (Å²) in [5, 5.41) is 2.85. The van der Waals surface area contributed by atoms with Crippen LogP contribution in [0.5, 0.6) is 5.75 Å². The first kappa shape index (κ1) is 15.6. The van der Waals surface area contributed by atoms with Gasteiger partial charge in [-0.25, -0.2) is 0 Å². The van der Waals surface area contributed by atoms with Gasteiger partial charge in [0.25, 0.3) is 5.91 Å². The highest BCUT2D eigenvalue weighted by Crippen LogP contribution is 2.17. The molecule has 110 valence electrons. The molecule has 1 N–H and O–H groups in total. The molecule has 4 heteroatoms. The Hall–Kier alpha value is -1.81. The molecule has 2 rings (SSSR count). The second-order valence-corrected chi connectivity index (χ2v) is 5.74. The quantitative estimate of drug-likeness (QED) is 0.833. The van der Waals surface area contributed by atoms with Crippen molar-refractivity contribution < 1.29 is 9.53 Å². The highest BCUT2D eigenvalue weighted by atomic mass is 79.9. The molecule has 0 atom stereocenters. The van der Waals surface area contributed by atoms with E-state index in [2.05, 4.69) is 21.2 Å². The highest BCUT2D eigenvalue weighted by molar-refractivity contribution is 9.10. The molecule has 2 aromatic carbocycles. The van der Waals surface area contributed by atoms with Gasteiger partial charge in [-0.15, -0.1) is 0 Å². The fraction of sp³-hybridized carbons (Fsp3) is 0.235. The minimum absolute atomic E-state index is 0.0939. The van der Waals surface area contributed by atoms with Crippen molar-refractivity contribution in [2.45, 2.75) is 13.8 Å². The first-order valence-corrected chi connectivity index (χ1v) is 7.59. The van der Waals surface area contributed by atoms with E-state index in [0.717, 1.165) is 21.3 Å². The lowest BCUT2D eigenvalue weighted by molar-refractivity contribution is 0.0947. The fourth-order valence-electron chi connectivity index (χ4n) is 1.87. The second kappa shape index (κ2) is 7.27. The van der Waals surface area contributed by atoms with Crippen molar-refractivity contribution in [2.24, 2.45) is 0 Å². The maximum absolute atomic E-state index is 12.0. The number of amides is 1. The molecular weight excluding hydrogens is 330 g/mol. The zero-order valence-corrected chi connectivity index (χ0v) is 13.7. The number of carbonyl (C=O) groups is 1. The topological polar surface area (TPSA) is 38.3 Å². The molecule has 0 aliphatic heterocycles. The van der Waals surface area contributed by atoms with E-state index in [1.54, 1.807) is 0 Å². The number of hydrogen-bond donors (Lipinski definition) is 1. The smallest absolute Gasteiger partial charge is 0.251 e. The van der Waals surface area contributed by atoms with E-state index in [9.17, 15) is 4.79 Å². The Morgan fingerprint density at radius 3 is 2.71 bits per heavy atom. The van der Waals surface area contributed by atoms with E-state index in [4.69, 9.17) is 4.74 Å². The summed E-state index contributed by atoms with van der Waals surface area (Å²) in [7, 11) is 0. The third kappa shape index (κ3) is 4.60. The Kier molecular flexibility index (Phi) is 5.39. The molecule has 0 spiro atoms. The summed E-state index contributed by atoms with van der Waals surface area (Å²) >= 11 is 3.43. The molecule has 0 unspecified atom stereocenters. The Morgan fingerprint density at radius 1 is 1.19 bits per heavy atom. The van der Waals surface area contributed by atoms with Crippen molar-refractivity contribution in [3.63, 3.8) is 0 Å². The van der Waals surface area contributed by atoms with Gasteiger partial charge < -0.3 is 10.1 Å². The van der Waals surface area contributed by atoms with Crippen LogP contribution in [0.25, 0.3) is 0 Å². The number of carbonyl (C=O) groups excluding carboxylic acids is 1. The van der Waals surface area contributed by atoms with Gasteiger partial charge in [0.15, 0.2) is 0 Å². The zero-order valence-electron chi connectivity index (χ0n) is 12.2. The minimum atomic E-state index is -0.0939. The van der Waals surface area contributed by atoms with E-state index < -0.39 is 0 Å². The summed E-state index contributed by atoms with van der Waals surface area (Å²) in [6.07, 6.45) is 0. The van der Waals surface area contributed by atoms with Crippen molar-refractivity contribution in [1.29, 1.82) is 0 Å². The van der Waals surface area contributed by atoms with Crippen LogP contribution in [0.4, 0.5) is 0 Å². The largest absolute Gasteiger partial charge is 0.492 e. The van der Waals surface area contributed by atoms with Crippen LogP contribution in [-0.2, 0) is 0 Å². The summed E-state index contributed by atoms with van der Waals surface area (Å²) in [4.78, 5) is 12.0. The summed E-state index contributed by atoms with van der Waals surface area (Å²) < 4.78 is 6.53.